The van der Waals surface area contributed by atoms with Crippen LogP contribution in [0.5, 0.6) is 0 Å². The standard InChI is InChI=1S/C13H17N3OS/c1-9(2)16-6-5-10(15-16)8-11(17)13(14)12-4-3-7-18-12/h3-7,9,13H,8,14H2,1-2H3. The summed E-state index contributed by atoms with van der Waals surface area (Å²) in [6.07, 6.45) is 2.18. The minimum atomic E-state index is -0.533. The van der Waals surface area contributed by atoms with E-state index in [-0.39, 0.29) is 5.78 Å². The first-order chi connectivity index (χ1) is 8.58. The molecule has 0 saturated heterocycles. The predicted octanol–water partition coefficient (Wildman–Crippen LogP) is 2.34. The summed E-state index contributed by atoms with van der Waals surface area (Å²) in [5, 5.41) is 6.28. The van der Waals surface area contributed by atoms with Gasteiger partial charge in [-0.2, -0.15) is 5.10 Å². The average molecular weight is 263 g/mol. The van der Waals surface area contributed by atoms with Crippen LogP contribution in [0, 0.1) is 0 Å². The molecule has 2 aromatic rings. The summed E-state index contributed by atoms with van der Waals surface area (Å²) in [6.45, 7) is 4.10. The van der Waals surface area contributed by atoms with Crippen LogP contribution in [0.1, 0.15) is 36.5 Å². The van der Waals surface area contributed by atoms with E-state index in [0.717, 1.165) is 10.6 Å². The Morgan fingerprint density at radius 3 is 2.83 bits per heavy atom. The van der Waals surface area contributed by atoms with Crippen molar-refractivity contribution in [1.29, 1.82) is 0 Å². The summed E-state index contributed by atoms with van der Waals surface area (Å²) < 4.78 is 1.85. The lowest BCUT2D eigenvalue weighted by Gasteiger charge is -2.07. The van der Waals surface area contributed by atoms with Crippen molar-refractivity contribution in [3.8, 4) is 0 Å². The molecule has 0 aromatic carbocycles. The van der Waals surface area contributed by atoms with Crippen LogP contribution in [0.2, 0.25) is 0 Å². The van der Waals surface area contributed by atoms with E-state index in [1.54, 1.807) is 0 Å². The van der Waals surface area contributed by atoms with Crippen molar-refractivity contribution < 1.29 is 4.79 Å². The Morgan fingerprint density at radius 2 is 2.28 bits per heavy atom. The van der Waals surface area contributed by atoms with Gasteiger partial charge in [0.2, 0.25) is 0 Å². The number of nitrogens with two attached hydrogens (primary N) is 1. The number of ketones is 1. The third-order valence-electron chi connectivity index (χ3n) is 2.74. The Morgan fingerprint density at radius 1 is 1.50 bits per heavy atom. The molecule has 18 heavy (non-hydrogen) atoms. The molecule has 0 amide bonds. The van der Waals surface area contributed by atoms with Gasteiger partial charge in [0.1, 0.15) is 0 Å². The maximum Gasteiger partial charge on any atom is 0.160 e. The number of hydrogen-bond donors (Lipinski definition) is 1. The molecule has 0 spiro atoms. The zero-order chi connectivity index (χ0) is 13.1. The molecule has 4 nitrogen and oxygen atoms in total. The zero-order valence-corrected chi connectivity index (χ0v) is 11.4. The van der Waals surface area contributed by atoms with Crippen molar-refractivity contribution in [1.82, 2.24) is 9.78 Å². The van der Waals surface area contributed by atoms with E-state index >= 15 is 0 Å². The van der Waals surface area contributed by atoms with Crippen LogP contribution < -0.4 is 5.73 Å². The van der Waals surface area contributed by atoms with Crippen LogP contribution in [-0.4, -0.2) is 15.6 Å². The number of carbonyl (C=O) groups excluding carboxylic acids is 1. The fraction of sp³-hybridized carbons (Fsp3) is 0.385. The second-order valence-electron chi connectivity index (χ2n) is 4.52. The van der Waals surface area contributed by atoms with Gasteiger partial charge >= 0.3 is 0 Å². The maximum absolute atomic E-state index is 12.0. The smallest absolute Gasteiger partial charge is 0.160 e. The van der Waals surface area contributed by atoms with Gasteiger partial charge in [-0.25, -0.2) is 0 Å². The van der Waals surface area contributed by atoms with E-state index in [2.05, 4.69) is 18.9 Å². The molecule has 0 aliphatic rings. The van der Waals surface area contributed by atoms with Crippen molar-refractivity contribution in [2.45, 2.75) is 32.4 Å². The molecule has 96 valence electrons. The third-order valence-corrected chi connectivity index (χ3v) is 3.70. The molecule has 0 aliphatic heterocycles. The molecular formula is C13H17N3OS. The fourth-order valence-corrected chi connectivity index (χ4v) is 2.42. The van der Waals surface area contributed by atoms with Gasteiger partial charge in [0.05, 0.1) is 18.2 Å². The zero-order valence-electron chi connectivity index (χ0n) is 10.5. The lowest BCUT2D eigenvalue weighted by atomic mass is 10.1. The Labute approximate surface area is 110 Å². The SMILES string of the molecule is CC(C)n1ccc(CC(=O)C(N)c2cccs2)n1. The highest BCUT2D eigenvalue weighted by atomic mass is 32.1. The number of aromatic nitrogens is 2. The van der Waals surface area contributed by atoms with Crippen LogP contribution in [-0.2, 0) is 11.2 Å². The summed E-state index contributed by atoms with van der Waals surface area (Å²) in [5.41, 5.74) is 6.70. The van der Waals surface area contributed by atoms with Crippen LogP contribution in [0.4, 0.5) is 0 Å². The van der Waals surface area contributed by atoms with Gasteiger partial charge in [-0.05, 0) is 31.4 Å². The van der Waals surface area contributed by atoms with Gasteiger partial charge in [-0.1, -0.05) is 6.07 Å². The minimum Gasteiger partial charge on any atom is -0.317 e. The summed E-state index contributed by atoms with van der Waals surface area (Å²) >= 11 is 1.51. The number of carbonyl (C=O) groups is 1. The van der Waals surface area contributed by atoms with Crippen LogP contribution in [0.25, 0.3) is 0 Å². The Bertz CT molecular complexity index is 516. The van der Waals surface area contributed by atoms with Gasteiger partial charge in [-0.15, -0.1) is 11.3 Å². The summed E-state index contributed by atoms with van der Waals surface area (Å²) in [7, 11) is 0. The largest absolute Gasteiger partial charge is 0.317 e. The van der Waals surface area contributed by atoms with Crippen molar-refractivity contribution in [3.05, 3.63) is 40.3 Å². The Kier molecular flexibility index (Phi) is 3.93. The molecule has 1 atom stereocenters. The monoisotopic (exact) mass is 263 g/mol. The minimum absolute atomic E-state index is 0.00598. The van der Waals surface area contributed by atoms with Gasteiger partial charge in [-0.3, -0.25) is 9.48 Å². The molecule has 0 aliphatic carbocycles. The van der Waals surface area contributed by atoms with Crippen molar-refractivity contribution in [2.24, 2.45) is 5.73 Å². The van der Waals surface area contributed by atoms with Gasteiger partial charge in [0, 0.05) is 17.1 Å². The lowest BCUT2D eigenvalue weighted by Crippen LogP contribution is -2.22. The molecule has 2 N–H and O–H groups in total. The molecule has 0 radical (unpaired) electrons. The highest BCUT2D eigenvalue weighted by Gasteiger charge is 2.18. The predicted molar refractivity (Wildman–Crippen MR) is 72.6 cm³/mol. The maximum atomic E-state index is 12.0. The van der Waals surface area contributed by atoms with Gasteiger partial charge < -0.3 is 5.73 Å². The van der Waals surface area contributed by atoms with Crippen LogP contribution in [0.3, 0.4) is 0 Å². The quantitative estimate of drug-likeness (QED) is 0.900. The highest BCUT2D eigenvalue weighted by molar-refractivity contribution is 7.10. The number of thiophene rings is 1. The van der Waals surface area contributed by atoms with Gasteiger partial charge in [0.15, 0.2) is 5.78 Å². The van der Waals surface area contributed by atoms with Crippen LogP contribution in [0.15, 0.2) is 29.8 Å². The number of hydrogen-bond acceptors (Lipinski definition) is 4. The first-order valence-corrected chi connectivity index (χ1v) is 6.81. The van der Waals surface area contributed by atoms with E-state index < -0.39 is 6.04 Å². The number of nitrogens with zero attached hydrogens (tertiary/aromatic N) is 2. The van der Waals surface area contributed by atoms with Crippen molar-refractivity contribution in [2.75, 3.05) is 0 Å². The van der Waals surface area contributed by atoms with E-state index in [4.69, 9.17) is 5.73 Å². The van der Waals surface area contributed by atoms with E-state index in [1.807, 2.05) is 34.5 Å². The van der Waals surface area contributed by atoms with Crippen molar-refractivity contribution in [3.63, 3.8) is 0 Å². The first-order valence-electron chi connectivity index (χ1n) is 5.93. The summed E-state index contributed by atoms with van der Waals surface area (Å²) in [4.78, 5) is 12.9. The molecule has 1 unspecified atom stereocenters. The normalized spacial score (nSPS) is 12.9. The lowest BCUT2D eigenvalue weighted by molar-refractivity contribution is -0.119. The molecule has 0 fully saturated rings. The Hall–Kier alpha value is -1.46. The van der Waals surface area contributed by atoms with Crippen molar-refractivity contribution >= 4 is 17.1 Å². The molecule has 0 saturated carbocycles. The number of rotatable bonds is 5. The third kappa shape index (κ3) is 2.86. The number of Topliss-reactive ketones (excluding diaryl/α,β-unsaturated/α-hetero) is 1. The summed E-state index contributed by atoms with van der Waals surface area (Å²) in [6, 6.07) is 5.44. The molecular weight excluding hydrogens is 246 g/mol. The van der Waals surface area contributed by atoms with E-state index in [9.17, 15) is 4.79 Å². The molecule has 2 heterocycles. The molecule has 2 rings (SSSR count). The first kappa shape index (κ1) is 13.0. The second kappa shape index (κ2) is 5.46. The van der Waals surface area contributed by atoms with E-state index in [0.29, 0.717) is 12.5 Å². The van der Waals surface area contributed by atoms with Crippen LogP contribution >= 0.6 is 11.3 Å². The van der Waals surface area contributed by atoms with E-state index in [1.165, 1.54) is 11.3 Å². The Balaban J connectivity index is 2.02. The molecule has 2 aromatic heterocycles. The average Bonchev–Trinajstić information content (AvgIpc) is 2.98. The molecule has 5 heteroatoms. The second-order valence-corrected chi connectivity index (χ2v) is 5.50. The summed E-state index contributed by atoms with van der Waals surface area (Å²) in [5.74, 6) is 0.00598. The van der Waals surface area contributed by atoms with Gasteiger partial charge in [0.25, 0.3) is 0 Å². The highest BCUT2D eigenvalue weighted by Crippen LogP contribution is 2.18. The fourth-order valence-electron chi connectivity index (χ4n) is 1.67. The molecule has 0 bridgehead atoms. The topological polar surface area (TPSA) is 60.9 Å².